The second-order valence-electron chi connectivity index (χ2n) is 4.24. The van der Waals surface area contributed by atoms with Gasteiger partial charge < -0.3 is 9.47 Å². The highest BCUT2D eigenvalue weighted by Gasteiger charge is 2.18. The number of ether oxygens (including phenoxy) is 2. The van der Waals surface area contributed by atoms with Gasteiger partial charge in [0.05, 0.1) is 20.3 Å². The highest BCUT2D eigenvalue weighted by Crippen LogP contribution is 2.31. The Morgan fingerprint density at radius 3 is 2.40 bits per heavy atom. The Bertz CT molecular complexity index is 590. The molecule has 2 rings (SSSR count). The molecular formula is C15H17FN2O2. The molecule has 0 saturated heterocycles. The number of nitrogens with two attached hydrogens (primary N) is 1. The van der Waals surface area contributed by atoms with Gasteiger partial charge in [0.2, 0.25) is 0 Å². The molecule has 0 aliphatic carbocycles. The fourth-order valence-electron chi connectivity index (χ4n) is 2.13. The third-order valence-corrected chi connectivity index (χ3v) is 3.13. The standard InChI is InChI=1S/C15H17FN2O2/c1-19-13-6-4-3-5-11(13)15(18-17)10-7-8-12(16)14(9-10)20-2/h3-9,15,18H,17H2,1-2H3. The molecule has 5 heteroatoms. The first-order valence-corrected chi connectivity index (χ1v) is 6.13. The van der Waals surface area contributed by atoms with Crippen molar-refractivity contribution < 1.29 is 13.9 Å². The van der Waals surface area contributed by atoms with E-state index in [0.717, 1.165) is 11.1 Å². The third kappa shape index (κ3) is 2.74. The number of rotatable bonds is 5. The van der Waals surface area contributed by atoms with Crippen LogP contribution < -0.4 is 20.7 Å². The maximum Gasteiger partial charge on any atom is 0.165 e. The Morgan fingerprint density at radius 1 is 1.05 bits per heavy atom. The zero-order chi connectivity index (χ0) is 14.5. The van der Waals surface area contributed by atoms with Crippen molar-refractivity contribution in [1.29, 1.82) is 0 Å². The average molecular weight is 276 g/mol. The summed E-state index contributed by atoms with van der Waals surface area (Å²) in [4.78, 5) is 0. The Kier molecular flexibility index (Phi) is 4.55. The quantitative estimate of drug-likeness (QED) is 0.650. The molecule has 4 nitrogen and oxygen atoms in total. The summed E-state index contributed by atoms with van der Waals surface area (Å²) in [5.74, 6) is 6.13. The van der Waals surface area contributed by atoms with Crippen molar-refractivity contribution >= 4 is 0 Å². The van der Waals surface area contributed by atoms with Gasteiger partial charge in [-0.25, -0.2) is 9.82 Å². The zero-order valence-corrected chi connectivity index (χ0v) is 11.4. The highest BCUT2D eigenvalue weighted by molar-refractivity contribution is 5.43. The summed E-state index contributed by atoms with van der Waals surface area (Å²) in [6.07, 6.45) is 0. The fourth-order valence-corrected chi connectivity index (χ4v) is 2.13. The van der Waals surface area contributed by atoms with E-state index in [0.29, 0.717) is 5.75 Å². The second-order valence-corrected chi connectivity index (χ2v) is 4.24. The summed E-state index contributed by atoms with van der Waals surface area (Å²) in [6.45, 7) is 0. The number of benzene rings is 2. The van der Waals surface area contributed by atoms with Gasteiger partial charge in [0.15, 0.2) is 11.6 Å². The number of hydrogen-bond acceptors (Lipinski definition) is 4. The largest absolute Gasteiger partial charge is 0.496 e. The minimum Gasteiger partial charge on any atom is -0.496 e. The SMILES string of the molecule is COc1cc(C(NN)c2ccccc2OC)ccc1F. The predicted molar refractivity (Wildman–Crippen MR) is 75.1 cm³/mol. The lowest BCUT2D eigenvalue weighted by atomic mass is 9.98. The van der Waals surface area contributed by atoms with E-state index in [-0.39, 0.29) is 11.8 Å². The molecule has 3 N–H and O–H groups in total. The van der Waals surface area contributed by atoms with Crippen molar-refractivity contribution in [3.05, 3.63) is 59.4 Å². The van der Waals surface area contributed by atoms with E-state index in [4.69, 9.17) is 15.3 Å². The number of methoxy groups -OCH3 is 2. The van der Waals surface area contributed by atoms with Crippen LogP contribution in [0.1, 0.15) is 17.2 Å². The topological polar surface area (TPSA) is 56.5 Å². The molecule has 1 unspecified atom stereocenters. The van der Waals surface area contributed by atoms with E-state index >= 15 is 0 Å². The maximum atomic E-state index is 13.5. The number of halogens is 1. The molecule has 0 aromatic heterocycles. The molecule has 0 fully saturated rings. The molecule has 0 saturated carbocycles. The van der Waals surface area contributed by atoms with Crippen LogP contribution in [-0.4, -0.2) is 14.2 Å². The minimum absolute atomic E-state index is 0.178. The molecule has 0 bridgehead atoms. The molecule has 0 radical (unpaired) electrons. The van der Waals surface area contributed by atoms with E-state index in [9.17, 15) is 4.39 Å². The first-order valence-electron chi connectivity index (χ1n) is 6.13. The monoisotopic (exact) mass is 276 g/mol. The Labute approximate surface area is 117 Å². The third-order valence-electron chi connectivity index (χ3n) is 3.13. The van der Waals surface area contributed by atoms with Gasteiger partial charge in [-0.05, 0) is 23.8 Å². The molecule has 0 heterocycles. The van der Waals surface area contributed by atoms with Gasteiger partial charge in [0, 0.05) is 5.56 Å². The van der Waals surface area contributed by atoms with Crippen LogP contribution in [0.2, 0.25) is 0 Å². The summed E-state index contributed by atoms with van der Waals surface area (Å²) in [5, 5.41) is 0. The molecular weight excluding hydrogens is 259 g/mol. The Hall–Kier alpha value is -2.11. The number of hydrogen-bond donors (Lipinski definition) is 2. The molecule has 2 aromatic rings. The van der Waals surface area contributed by atoms with Gasteiger partial charge >= 0.3 is 0 Å². The van der Waals surface area contributed by atoms with E-state index in [1.165, 1.54) is 13.2 Å². The van der Waals surface area contributed by atoms with Crippen LogP contribution in [0.15, 0.2) is 42.5 Å². The molecule has 20 heavy (non-hydrogen) atoms. The molecule has 2 aromatic carbocycles. The van der Waals surface area contributed by atoms with Crippen molar-refractivity contribution in [2.24, 2.45) is 5.84 Å². The lowest BCUT2D eigenvalue weighted by molar-refractivity contribution is 0.384. The number of para-hydroxylation sites is 1. The van der Waals surface area contributed by atoms with Crippen molar-refractivity contribution in [2.45, 2.75) is 6.04 Å². The van der Waals surface area contributed by atoms with Crippen LogP contribution in [0.25, 0.3) is 0 Å². The molecule has 0 aliphatic rings. The van der Waals surface area contributed by atoms with Gasteiger partial charge in [0.25, 0.3) is 0 Å². The Balaban J connectivity index is 2.47. The summed E-state index contributed by atoms with van der Waals surface area (Å²) in [5.41, 5.74) is 4.38. The van der Waals surface area contributed by atoms with Gasteiger partial charge in [-0.1, -0.05) is 24.3 Å². The summed E-state index contributed by atoms with van der Waals surface area (Å²) < 4.78 is 23.8. The smallest absolute Gasteiger partial charge is 0.165 e. The van der Waals surface area contributed by atoms with Crippen molar-refractivity contribution in [2.75, 3.05) is 14.2 Å². The van der Waals surface area contributed by atoms with Gasteiger partial charge in [-0.15, -0.1) is 0 Å². The number of nitrogens with one attached hydrogen (secondary N) is 1. The molecule has 106 valence electrons. The molecule has 0 spiro atoms. The van der Waals surface area contributed by atoms with Crippen LogP contribution >= 0.6 is 0 Å². The highest BCUT2D eigenvalue weighted by atomic mass is 19.1. The van der Waals surface area contributed by atoms with Gasteiger partial charge in [-0.3, -0.25) is 5.84 Å². The van der Waals surface area contributed by atoms with Gasteiger partial charge in [0.1, 0.15) is 5.75 Å². The van der Waals surface area contributed by atoms with Gasteiger partial charge in [-0.2, -0.15) is 0 Å². The van der Waals surface area contributed by atoms with Crippen molar-refractivity contribution in [3.8, 4) is 11.5 Å². The summed E-state index contributed by atoms with van der Waals surface area (Å²) in [6, 6.07) is 11.8. The minimum atomic E-state index is -0.410. The normalized spacial score (nSPS) is 12.0. The van der Waals surface area contributed by atoms with Crippen molar-refractivity contribution in [1.82, 2.24) is 5.43 Å². The fraction of sp³-hybridized carbons (Fsp3) is 0.200. The molecule has 1 atom stereocenters. The first kappa shape index (κ1) is 14.3. The average Bonchev–Trinajstić information content (AvgIpc) is 2.50. The van der Waals surface area contributed by atoms with Crippen LogP contribution in [-0.2, 0) is 0 Å². The zero-order valence-electron chi connectivity index (χ0n) is 11.4. The lowest BCUT2D eigenvalue weighted by Gasteiger charge is -2.20. The maximum absolute atomic E-state index is 13.5. The van der Waals surface area contributed by atoms with Crippen LogP contribution in [0.4, 0.5) is 4.39 Å². The first-order chi connectivity index (χ1) is 9.71. The number of hydrazine groups is 1. The lowest BCUT2D eigenvalue weighted by Crippen LogP contribution is -2.29. The van der Waals surface area contributed by atoms with E-state index in [1.54, 1.807) is 19.2 Å². The summed E-state index contributed by atoms with van der Waals surface area (Å²) in [7, 11) is 3.02. The van der Waals surface area contributed by atoms with Crippen LogP contribution in [0.3, 0.4) is 0 Å². The molecule has 0 aliphatic heterocycles. The molecule has 0 amide bonds. The predicted octanol–water partition coefficient (Wildman–Crippen LogP) is 2.40. The van der Waals surface area contributed by atoms with Crippen LogP contribution in [0.5, 0.6) is 11.5 Å². The van der Waals surface area contributed by atoms with Crippen molar-refractivity contribution in [3.63, 3.8) is 0 Å². The van der Waals surface area contributed by atoms with E-state index < -0.39 is 5.82 Å². The van der Waals surface area contributed by atoms with Crippen LogP contribution in [0, 0.1) is 5.82 Å². The van der Waals surface area contributed by atoms with E-state index in [1.807, 2.05) is 24.3 Å². The second kappa shape index (κ2) is 6.36. The Morgan fingerprint density at radius 2 is 1.75 bits per heavy atom. The summed E-state index contributed by atoms with van der Waals surface area (Å²) >= 11 is 0. The van der Waals surface area contributed by atoms with E-state index in [2.05, 4.69) is 5.43 Å².